The molecule has 3 aromatic rings. The number of hydrogen-bond acceptors (Lipinski definition) is 7. The third-order valence-electron chi connectivity index (χ3n) is 7.76. The first kappa shape index (κ1) is 26.1. The quantitative estimate of drug-likeness (QED) is 0.492. The second-order valence-corrected chi connectivity index (χ2v) is 11.6. The summed E-state index contributed by atoms with van der Waals surface area (Å²) in [5, 5.41) is 0.902. The highest BCUT2D eigenvalue weighted by molar-refractivity contribution is 5.99. The molecule has 3 aliphatic rings. The molecule has 0 saturated heterocycles. The number of nitrogens with zero attached hydrogens (tertiary/aromatic N) is 3. The third-order valence-corrected chi connectivity index (χ3v) is 7.76. The molecule has 1 atom stereocenters. The van der Waals surface area contributed by atoms with Gasteiger partial charge in [0.2, 0.25) is 0 Å². The molecule has 0 bridgehead atoms. The van der Waals surface area contributed by atoms with Crippen molar-refractivity contribution in [1.29, 1.82) is 0 Å². The molecular weight excluding hydrogens is 508 g/mol. The molecule has 2 amide bonds. The lowest BCUT2D eigenvalue weighted by Gasteiger charge is -2.29. The number of nitrogen functional groups attached to an aromatic ring is 1. The summed E-state index contributed by atoms with van der Waals surface area (Å²) in [6, 6.07) is 11.5. The number of rotatable bonds is 3. The SMILES string of the molecule is CN(C(=O)c1ccc2nc(N)c3c(c2c1)COC3)[C@@H]1COc2cc(C3=CCN(C(=O)OC(C)(C)C)CC3)ccc21. The van der Waals surface area contributed by atoms with Gasteiger partial charge in [-0.3, -0.25) is 4.79 Å². The van der Waals surface area contributed by atoms with Gasteiger partial charge in [0, 0.05) is 42.2 Å². The number of nitrogens with two attached hydrogens (primary N) is 1. The normalized spacial score (nSPS) is 18.1. The number of likely N-dealkylation sites (N-methyl/N-ethyl adjacent to an activating group) is 1. The number of pyridine rings is 1. The van der Waals surface area contributed by atoms with Crippen molar-refractivity contribution in [3.63, 3.8) is 0 Å². The Morgan fingerprint density at radius 1 is 1.12 bits per heavy atom. The molecule has 0 saturated carbocycles. The van der Waals surface area contributed by atoms with E-state index in [4.69, 9.17) is 19.9 Å². The van der Waals surface area contributed by atoms with E-state index in [1.54, 1.807) is 15.9 Å². The number of benzene rings is 2. The van der Waals surface area contributed by atoms with Crippen molar-refractivity contribution < 1.29 is 23.8 Å². The first-order chi connectivity index (χ1) is 19.1. The topological polar surface area (TPSA) is 107 Å². The van der Waals surface area contributed by atoms with Crippen LogP contribution in [0.3, 0.4) is 0 Å². The van der Waals surface area contributed by atoms with Crippen molar-refractivity contribution in [2.24, 2.45) is 0 Å². The van der Waals surface area contributed by atoms with Crippen LogP contribution in [0.25, 0.3) is 16.5 Å². The minimum absolute atomic E-state index is 0.0888. The van der Waals surface area contributed by atoms with Crippen molar-refractivity contribution in [3.05, 3.63) is 70.3 Å². The van der Waals surface area contributed by atoms with Gasteiger partial charge < -0.3 is 29.7 Å². The molecule has 6 rings (SSSR count). The van der Waals surface area contributed by atoms with Gasteiger partial charge in [-0.15, -0.1) is 0 Å². The maximum atomic E-state index is 13.6. The summed E-state index contributed by atoms with van der Waals surface area (Å²) >= 11 is 0. The minimum Gasteiger partial charge on any atom is -0.491 e. The average Bonchev–Trinajstić information content (AvgIpc) is 3.59. The Morgan fingerprint density at radius 3 is 2.67 bits per heavy atom. The smallest absolute Gasteiger partial charge is 0.410 e. The largest absolute Gasteiger partial charge is 0.491 e. The van der Waals surface area contributed by atoms with E-state index >= 15 is 0 Å². The zero-order chi connectivity index (χ0) is 28.2. The Bertz CT molecular complexity index is 1560. The average molecular weight is 543 g/mol. The fraction of sp³-hybridized carbons (Fsp3) is 0.387. The van der Waals surface area contributed by atoms with Gasteiger partial charge in [-0.1, -0.05) is 18.2 Å². The summed E-state index contributed by atoms with van der Waals surface area (Å²) in [5.74, 6) is 1.18. The van der Waals surface area contributed by atoms with Gasteiger partial charge in [-0.2, -0.15) is 0 Å². The van der Waals surface area contributed by atoms with Crippen molar-refractivity contribution in [3.8, 4) is 5.75 Å². The first-order valence-electron chi connectivity index (χ1n) is 13.6. The van der Waals surface area contributed by atoms with Crippen LogP contribution >= 0.6 is 0 Å². The number of carbonyl (C=O) groups is 2. The molecule has 2 N–H and O–H groups in total. The number of fused-ring (bicyclic) bond motifs is 4. The minimum atomic E-state index is -0.515. The van der Waals surface area contributed by atoms with Crippen LogP contribution in [0, 0.1) is 0 Å². The van der Waals surface area contributed by atoms with E-state index < -0.39 is 5.60 Å². The summed E-state index contributed by atoms with van der Waals surface area (Å²) < 4.78 is 17.2. The molecule has 1 aromatic heterocycles. The lowest BCUT2D eigenvalue weighted by Crippen LogP contribution is -2.39. The van der Waals surface area contributed by atoms with E-state index in [9.17, 15) is 9.59 Å². The number of carbonyl (C=O) groups excluding carboxylic acids is 2. The van der Waals surface area contributed by atoms with Gasteiger partial charge in [0.15, 0.2) is 0 Å². The van der Waals surface area contributed by atoms with E-state index in [1.165, 1.54) is 5.57 Å². The van der Waals surface area contributed by atoms with Gasteiger partial charge >= 0.3 is 6.09 Å². The van der Waals surface area contributed by atoms with Gasteiger partial charge in [0.1, 0.15) is 23.8 Å². The van der Waals surface area contributed by atoms with Crippen molar-refractivity contribution >= 4 is 34.3 Å². The van der Waals surface area contributed by atoms with Gasteiger partial charge in [0.05, 0.1) is 24.8 Å². The molecule has 4 heterocycles. The second kappa shape index (κ2) is 9.82. The molecule has 3 aliphatic heterocycles. The Labute approximate surface area is 233 Å². The number of amides is 2. The molecule has 0 radical (unpaired) electrons. The van der Waals surface area contributed by atoms with Gasteiger partial charge in [-0.25, -0.2) is 9.78 Å². The van der Waals surface area contributed by atoms with Crippen molar-refractivity contribution in [2.75, 3.05) is 32.5 Å². The van der Waals surface area contributed by atoms with E-state index in [0.717, 1.165) is 45.3 Å². The monoisotopic (exact) mass is 542 g/mol. The van der Waals surface area contributed by atoms with Crippen LogP contribution in [-0.4, -0.2) is 59.1 Å². The molecule has 9 nitrogen and oxygen atoms in total. The van der Waals surface area contributed by atoms with Gasteiger partial charge in [-0.05, 0) is 68.2 Å². The molecule has 0 aliphatic carbocycles. The fourth-order valence-electron chi connectivity index (χ4n) is 5.59. The summed E-state index contributed by atoms with van der Waals surface area (Å²) in [7, 11) is 1.81. The van der Waals surface area contributed by atoms with Crippen LogP contribution in [0.15, 0.2) is 42.5 Å². The van der Waals surface area contributed by atoms with E-state index in [2.05, 4.69) is 17.1 Å². The van der Waals surface area contributed by atoms with Crippen LogP contribution in [0.2, 0.25) is 0 Å². The highest BCUT2D eigenvalue weighted by Gasteiger charge is 2.32. The third kappa shape index (κ3) is 4.75. The zero-order valence-electron chi connectivity index (χ0n) is 23.3. The highest BCUT2D eigenvalue weighted by Crippen LogP contribution is 2.39. The maximum Gasteiger partial charge on any atom is 0.410 e. The van der Waals surface area contributed by atoms with Gasteiger partial charge in [0.25, 0.3) is 5.91 Å². The standard InChI is InChI=1S/C31H34N4O5/c1-31(2,3)40-30(37)35-11-9-18(10-12-35)19-5-7-21-26(17-39-27(21)14-19)34(4)29(36)20-6-8-25-22(13-20)23-15-38-16-24(23)28(32)33-25/h5-9,13-14,26H,10-12,15-17H2,1-4H3,(H2,32,33)/t26-/m1/s1. The first-order valence-corrected chi connectivity index (χ1v) is 13.6. The van der Waals surface area contributed by atoms with Crippen LogP contribution in [-0.2, 0) is 22.7 Å². The molecule has 0 spiro atoms. The maximum absolute atomic E-state index is 13.6. The highest BCUT2D eigenvalue weighted by atomic mass is 16.6. The Balaban J connectivity index is 1.18. The fourth-order valence-corrected chi connectivity index (χ4v) is 5.59. The van der Waals surface area contributed by atoms with Crippen molar-refractivity contribution in [2.45, 2.75) is 52.0 Å². The number of hydrogen-bond donors (Lipinski definition) is 1. The summed E-state index contributed by atoms with van der Waals surface area (Å²) in [6.07, 6.45) is 2.51. The van der Waals surface area contributed by atoms with Crippen LogP contribution in [0.4, 0.5) is 10.6 Å². The zero-order valence-corrected chi connectivity index (χ0v) is 23.3. The number of anilines is 1. The molecule has 2 aromatic carbocycles. The van der Waals surface area contributed by atoms with Crippen LogP contribution in [0.5, 0.6) is 5.75 Å². The van der Waals surface area contributed by atoms with Crippen molar-refractivity contribution in [1.82, 2.24) is 14.8 Å². The summed E-state index contributed by atoms with van der Waals surface area (Å²) in [6.45, 7) is 8.02. The van der Waals surface area contributed by atoms with E-state index in [0.29, 0.717) is 44.3 Å². The molecule has 40 heavy (non-hydrogen) atoms. The second-order valence-electron chi connectivity index (χ2n) is 11.6. The summed E-state index contributed by atoms with van der Waals surface area (Å²) in [5.41, 5.74) is 12.1. The molecule has 9 heteroatoms. The molecule has 0 unspecified atom stereocenters. The summed E-state index contributed by atoms with van der Waals surface area (Å²) in [4.78, 5) is 33.9. The lowest BCUT2D eigenvalue weighted by atomic mass is 9.96. The number of ether oxygens (including phenoxy) is 3. The van der Waals surface area contributed by atoms with Crippen LogP contribution in [0.1, 0.15) is 65.8 Å². The van der Waals surface area contributed by atoms with E-state index in [1.807, 2.05) is 52.1 Å². The Kier molecular flexibility index (Phi) is 6.41. The molecule has 208 valence electrons. The Morgan fingerprint density at radius 2 is 1.93 bits per heavy atom. The number of aromatic nitrogens is 1. The molecule has 0 fully saturated rings. The Hall–Kier alpha value is -4.11. The van der Waals surface area contributed by atoms with Crippen LogP contribution < -0.4 is 10.5 Å². The van der Waals surface area contributed by atoms with E-state index in [-0.39, 0.29) is 18.0 Å². The lowest BCUT2D eigenvalue weighted by molar-refractivity contribution is 0.0270. The predicted octanol–water partition coefficient (Wildman–Crippen LogP) is 5.08. The molecular formula is C31H34N4O5. The predicted molar refractivity (Wildman–Crippen MR) is 152 cm³/mol.